The van der Waals surface area contributed by atoms with Crippen LogP contribution >= 0.6 is 0 Å². The molecule has 0 amide bonds. The zero-order valence-corrected chi connectivity index (χ0v) is 13.3. The van der Waals surface area contributed by atoms with E-state index in [4.69, 9.17) is 4.98 Å². The Morgan fingerprint density at radius 1 is 1.18 bits per heavy atom. The quantitative estimate of drug-likeness (QED) is 0.871. The molecule has 0 saturated heterocycles. The maximum atomic E-state index is 4.78. The number of aryl methyl sites for hydroxylation is 5. The van der Waals surface area contributed by atoms with Crippen molar-refractivity contribution in [1.29, 1.82) is 0 Å². The number of hydrogen-bond acceptors (Lipinski definition) is 4. The third-order valence-corrected chi connectivity index (χ3v) is 4.07. The molecule has 0 N–H and O–H groups in total. The Balaban J connectivity index is 1.70. The molecule has 2 aromatic rings. The van der Waals surface area contributed by atoms with Crippen LogP contribution in [0.5, 0.6) is 0 Å². The third-order valence-electron chi connectivity index (χ3n) is 4.07. The Kier molecular flexibility index (Phi) is 4.13. The van der Waals surface area contributed by atoms with E-state index in [1.165, 1.54) is 0 Å². The first-order chi connectivity index (χ1) is 10.6. The van der Waals surface area contributed by atoms with Gasteiger partial charge in [0.2, 0.25) is 0 Å². The topological polar surface area (TPSA) is 56.0 Å². The summed E-state index contributed by atoms with van der Waals surface area (Å²) in [5, 5.41) is 0. The van der Waals surface area contributed by atoms with Crippen LogP contribution < -0.4 is 0 Å². The molecule has 0 spiro atoms. The first-order valence-corrected chi connectivity index (χ1v) is 7.63. The molecule has 114 valence electrons. The van der Waals surface area contributed by atoms with Gasteiger partial charge in [0.05, 0.1) is 22.8 Å². The fourth-order valence-electron chi connectivity index (χ4n) is 2.57. The monoisotopic (exact) mass is 295 g/mol. The fourth-order valence-corrected chi connectivity index (χ4v) is 2.57. The van der Waals surface area contributed by atoms with E-state index in [9.17, 15) is 0 Å². The fraction of sp³-hybridized carbons (Fsp3) is 0.412. The van der Waals surface area contributed by atoms with Crippen molar-refractivity contribution in [2.75, 3.05) is 0 Å². The average Bonchev–Trinajstić information content (AvgIpc) is 2.90. The standard InChI is InChI=1S/C17H21N5/c1-12-13(2)20-15(10-19-12)6-7-17-21-16(11-22(17)3)14-5-4-8-18-9-14/h4,8-11,14H,5-7H2,1-3H3. The van der Waals surface area contributed by atoms with Crippen LogP contribution in [0.2, 0.25) is 0 Å². The summed E-state index contributed by atoms with van der Waals surface area (Å²) >= 11 is 0. The van der Waals surface area contributed by atoms with Crippen molar-refractivity contribution in [3.05, 3.63) is 53.3 Å². The Hall–Kier alpha value is -2.30. The molecule has 3 heterocycles. The molecule has 0 radical (unpaired) electrons. The van der Waals surface area contributed by atoms with Gasteiger partial charge in [-0.25, -0.2) is 4.98 Å². The Labute approximate surface area is 130 Å². The van der Waals surface area contributed by atoms with Gasteiger partial charge >= 0.3 is 0 Å². The molecule has 5 nitrogen and oxygen atoms in total. The van der Waals surface area contributed by atoms with Crippen LogP contribution in [0.25, 0.3) is 0 Å². The predicted octanol–water partition coefficient (Wildman–Crippen LogP) is 2.68. The Morgan fingerprint density at radius 3 is 2.77 bits per heavy atom. The molecule has 0 saturated carbocycles. The lowest BCUT2D eigenvalue weighted by Crippen LogP contribution is -2.04. The summed E-state index contributed by atoms with van der Waals surface area (Å²) in [6, 6.07) is 0. The third kappa shape index (κ3) is 3.13. The molecule has 0 aromatic carbocycles. The number of hydrogen-bond donors (Lipinski definition) is 0. The van der Waals surface area contributed by atoms with Crippen molar-refractivity contribution in [3.63, 3.8) is 0 Å². The van der Waals surface area contributed by atoms with E-state index in [-0.39, 0.29) is 0 Å². The predicted molar refractivity (Wildman–Crippen MR) is 87.1 cm³/mol. The van der Waals surface area contributed by atoms with E-state index in [0.717, 1.165) is 47.9 Å². The molecule has 3 rings (SSSR count). The summed E-state index contributed by atoms with van der Waals surface area (Å²) < 4.78 is 2.11. The zero-order valence-electron chi connectivity index (χ0n) is 13.3. The minimum atomic E-state index is 0.298. The lowest BCUT2D eigenvalue weighted by molar-refractivity contribution is 0.754. The van der Waals surface area contributed by atoms with Gasteiger partial charge in [-0.05, 0) is 26.7 Å². The Morgan fingerprint density at radius 2 is 2.05 bits per heavy atom. The maximum Gasteiger partial charge on any atom is 0.109 e. The van der Waals surface area contributed by atoms with Gasteiger partial charge in [-0.15, -0.1) is 0 Å². The van der Waals surface area contributed by atoms with Gasteiger partial charge in [-0.1, -0.05) is 6.08 Å². The molecular formula is C17H21N5. The van der Waals surface area contributed by atoms with Crippen LogP contribution in [0.15, 0.2) is 29.7 Å². The number of aliphatic imine (C=N–C) groups is 1. The SMILES string of the molecule is Cc1ncc(CCc2nc(C3C=NC=CC3)cn2C)nc1C. The number of nitrogens with zero attached hydrogens (tertiary/aromatic N) is 5. The van der Waals surface area contributed by atoms with Gasteiger partial charge in [-0.2, -0.15) is 0 Å². The molecule has 0 aliphatic carbocycles. The van der Waals surface area contributed by atoms with E-state index < -0.39 is 0 Å². The largest absolute Gasteiger partial charge is 0.338 e. The highest BCUT2D eigenvalue weighted by molar-refractivity contribution is 5.68. The number of imidazole rings is 1. The van der Waals surface area contributed by atoms with Gasteiger partial charge in [0.15, 0.2) is 0 Å². The molecule has 0 bridgehead atoms. The van der Waals surface area contributed by atoms with Gasteiger partial charge in [0, 0.05) is 44.2 Å². The Bertz CT molecular complexity index is 727. The molecule has 1 aliphatic rings. The second kappa shape index (κ2) is 6.22. The normalized spacial score (nSPS) is 17.1. The second-order valence-electron chi connectivity index (χ2n) is 5.75. The lowest BCUT2D eigenvalue weighted by Gasteiger charge is -2.07. The van der Waals surface area contributed by atoms with E-state index in [0.29, 0.717) is 5.92 Å². The van der Waals surface area contributed by atoms with Crippen LogP contribution in [-0.4, -0.2) is 25.7 Å². The van der Waals surface area contributed by atoms with Crippen molar-refractivity contribution in [1.82, 2.24) is 19.5 Å². The average molecular weight is 295 g/mol. The summed E-state index contributed by atoms with van der Waals surface area (Å²) in [6.07, 6.45) is 12.6. The van der Waals surface area contributed by atoms with Crippen LogP contribution in [0.1, 0.15) is 40.9 Å². The molecular weight excluding hydrogens is 274 g/mol. The van der Waals surface area contributed by atoms with E-state index >= 15 is 0 Å². The van der Waals surface area contributed by atoms with E-state index in [2.05, 4.69) is 31.8 Å². The van der Waals surface area contributed by atoms with Crippen molar-refractivity contribution in [3.8, 4) is 0 Å². The molecule has 2 aromatic heterocycles. The summed E-state index contributed by atoms with van der Waals surface area (Å²) in [5.74, 6) is 1.38. The van der Waals surface area contributed by atoms with Gasteiger partial charge in [0.25, 0.3) is 0 Å². The highest BCUT2D eigenvalue weighted by Crippen LogP contribution is 2.20. The summed E-state index contributed by atoms with van der Waals surface area (Å²) in [6.45, 7) is 3.98. The van der Waals surface area contributed by atoms with Crippen molar-refractivity contribution >= 4 is 6.21 Å². The lowest BCUT2D eigenvalue weighted by atomic mass is 10.0. The summed E-state index contributed by atoms with van der Waals surface area (Å²) in [5.41, 5.74) is 4.11. The van der Waals surface area contributed by atoms with Gasteiger partial charge in [0.1, 0.15) is 5.82 Å². The molecule has 1 aliphatic heterocycles. The van der Waals surface area contributed by atoms with Crippen molar-refractivity contribution in [2.45, 2.75) is 39.0 Å². The van der Waals surface area contributed by atoms with E-state index in [1.54, 1.807) is 0 Å². The smallest absolute Gasteiger partial charge is 0.109 e. The second-order valence-corrected chi connectivity index (χ2v) is 5.75. The van der Waals surface area contributed by atoms with Crippen LogP contribution in [0.4, 0.5) is 0 Å². The molecule has 0 fully saturated rings. The molecule has 1 unspecified atom stereocenters. The number of allylic oxidation sites excluding steroid dienone is 1. The highest BCUT2D eigenvalue weighted by atomic mass is 15.0. The van der Waals surface area contributed by atoms with E-state index in [1.807, 2.05) is 39.5 Å². The highest BCUT2D eigenvalue weighted by Gasteiger charge is 2.15. The minimum Gasteiger partial charge on any atom is -0.338 e. The van der Waals surface area contributed by atoms with Crippen molar-refractivity contribution < 1.29 is 0 Å². The molecule has 1 atom stereocenters. The summed E-state index contributed by atoms with van der Waals surface area (Å²) in [4.78, 5) is 18.0. The zero-order chi connectivity index (χ0) is 15.5. The number of rotatable bonds is 4. The first-order valence-electron chi connectivity index (χ1n) is 7.63. The van der Waals surface area contributed by atoms with Gasteiger partial charge < -0.3 is 4.57 Å². The van der Waals surface area contributed by atoms with Gasteiger partial charge in [-0.3, -0.25) is 15.0 Å². The van der Waals surface area contributed by atoms with Crippen molar-refractivity contribution in [2.24, 2.45) is 12.0 Å². The van der Waals surface area contributed by atoms with Crippen LogP contribution in [-0.2, 0) is 19.9 Å². The molecule has 5 heteroatoms. The summed E-state index contributed by atoms with van der Waals surface area (Å²) in [7, 11) is 2.05. The molecule has 22 heavy (non-hydrogen) atoms. The first kappa shape index (κ1) is 14.6. The van der Waals surface area contributed by atoms with Crippen LogP contribution in [0, 0.1) is 13.8 Å². The number of aromatic nitrogens is 4. The maximum absolute atomic E-state index is 4.78. The van der Waals surface area contributed by atoms with Crippen LogP contribution in [0.3, 0.4) is 0 Å². The minimum absolute atomic E-state index is 0.298.